The number of amides is 1. The topological polar surface area (TPSA) is 98.7 Å². The number of carbonyl (C=O) groups is 1. The normalized spacial score (nSPS) is 12.0. The number of nitrogen functional groups attached to an aromatic ring is 1. The SMILES string of the molecule is CC(Sc1nnc(-c2ccc(Cl)cc2Cl)n1N)C(=O)Nc1ncc(Cl)cc1Cl. The van der Waals surface area contributed by atoms with E-state index in [1.54, 1.807) is 25.1 Å². The number of nitrogens with two attached hydrogens (primary N) is 1. The molecular formula is C16H12Cl4N6OS. The third kappa shape index (κ3) is 4.64. The maximum absolute atomic E-state index is 12.4. The lowest BCUT2D eigenvalue weighted by molar-refractivity contribution is -0.115. The molecule has 146 valence electrons. The maximum Gasteiger partial charge on any atom is 0.238 e. The van der Waals surface area contributed by atoms with Crippen molar-refractivity contribution in [1.82, 2.24) is 19.9 Å². The molecule has 3 aromatic rings. The molecule has 2 aromatic heterocycles. The van der Waals surface area contributed by atoms with E-state index in [0.717, 1.165) is 11.8 Å². The first-order chi connectivity index (χ1) is 13.3. The molecule has 2 heterocycles. The Kier molecular flexibility index (Phi) is 6.57. The molecule has 7 nitrogen and oxygen atoms in total. The van der Waals surface area contributed by atoms with Crippen LogP contribution in [0.2, 0.25) is 20.1 Å². The van der Waals surface area contributed by atoms with Gasteiger partial charge in [0.2, 0.25) is 11.1 Å². The number of rotatable bonds is 5. The zero-order chi connectivity index (χ0) is 20.4. The molecular weight excluding hydrogens is 466 g/mol. The predicted molar refractivity (Wildman–Crippen MR) is 114 cm³/mol. The summed E-state index contributed by atoms with van der Waals surface area (Å²) in [6.07, 6.45) is 1.39. The lowest BCUT2D eigenvalue weighted by atomic mass is 10.2. The number of thioether (sulfide) groups is 1. The van der Waals surface area contributed by atoms with E-state index in [0.29, 0.717) is 31.6 Å². The molecule has 12 heteroatoms. The van der Waals surface area contributed by atoms with E-state index >= 15 is 0 Å². The summed E-state index contributed by atoms with van der Waals surface area (Å²) in [5.41, 5.74) is 0.571. The highest BCUT2D eigenvalue weighted by Crippen LogP contribution is 2.31. The Balaban J connectivity index is 1.74. The molecule has 1 atom stereocenters. The van der Waals surface area contributed by atoms with Crippen LogP contribution in [0.1, 0.15) is 6.92 Å². The second-order valence-electron chi connectivity index (χ2n) is 5.53. The van der Waals surface area contributed by atoms with Crippen LogP contribution in [0.4, 0.5) is 5.82 Å². The summed E-state index contributed by atoms with van der Waals surface area (Å²) < 4.78 is 1.26. The van der Waals surface area contributed by atoms with Crippen LogP contribution in [0.15, 0.2) is 35.6 Å². The van der Waals surface area contributed by atoms with Gasteiger partial charge in [-0.1, -0.05) is 58.2 Å². The molecule has 28 heavy (non-hydrogen) atoms. The second kappa shape index (κ2) is 8.75. The Morgan fingerprint density at radius 3 is 2.54 bits per heavy atom. The highest BCUT2D eigenvalue weighted by atomic mass is 35.5. The van der Waals surface area contributed by atoms with Crippen molar-refractivity contribution in [3.8, 4) is 11.4 Å². The van der Waals surface area contributed by atoms with Crippen molar-refractivity contribution in [2.75, 3.05) is 11.2 Å². The zero-order valence-corrected chi connectivity index (χ0v) is 18.0. The minimum atomic E-state index is -0.561. The van der Waals surface area contributed by atoms with Crippen LogP contribution in [-0.4, -0.2) is 31.0 Å². The first kappa shape index (κ1) is 21.0. The van der Waals surface area contributed by atoms with Gasteiger partial charge < -0.3 is 11.2 Å². The number of benzene rings is 1. The van der Waals surface area contributed by atoms with Crippen molar-refractivity contribution in [2.45, 2.75) is 17.3 Å². The molecule has 0 saturated carbocycles. The number of carbonyl (C=O) groups excluding carboxylic acids is 1. The Labute approximate surface area is 184 Å². The fraction of sp³-hybridized carbons (Fsp3) is 0.125. The molecule has 0 saturated heterocycles. The number of nitrogens with one attached hydrogen (secondary N) is 1. The fourth-order valence-electron chi connectivity index (χ4n) is 2.15. The molecule has 3 rings (SSSR count). The molecule has 1 unspecified atom stereocenters. The van der Waals surface area contributed by atoms with Gasteiger partial charge in [0.15, 0.2) is 11.6 Å². The standard InChI is InChI=1S/C16H12Cl4N6OS/c1-7(15(27)23-13-12(20)5-9(18)6-22-13)28-16-25-24-14(26(16)21)10-3-2-8(17)4-11(10)19/h2-7H,21H2,1H3,(H,22,23,27). The fourth-order valence-corrected chi connectivity index (χ4v) is 3.84. The summed E-state index contributed by atoms with van der Waals surface area (Å²) in [5, 5.41) is 12.0. The van der Waals surface area contributed by atoms with Crippen molar-refractivity contribution < 1.29 is 4.79 Å². The number of nitrogens with zero attached hydrogens (tertiary/aromatic N) is 4. The highest BCUT2D eigenvalue weighted by molar-refractivity contribution is 8.00. The van der Waals surface area contributed by atoms with Gasteiger partial charge in [-0.25, -0.2) is 9.66 Å². The number of anilines is 1. The van der Waals surface area contributed by atoms with E-state index < -0.39 is 5.25 Å². The lowest BCUT2D eigenvalue weighted by Crippen LogP contribution is -2.24. The van der Waals surface area contributed by atoms with E-state index in [4.69, 9.17) is 52.2 Å². The first-order valence-electron chi connectivity index (χ1n) is 7.70. The summed E-state index contributed by atoms with van der Waals surface area (Å²) >= 11 is 25.0. The number of aromatic nitrogens is 4. The summed E-state index contributed by atoms with van der Waals surface area (Å²) in [5.74, 6) is 6.31. The Morgan fingerprint density at radius 2 is 1.86 bits per heavy atom. The van der Waals surface area contributed by atoms with Gasteiger partial charge >= 0.3 is 0 Å². The monoisotopic (exact) mass is 476 g/mol. The second-order valence-corrected chi connectivity index (χ2v) is 8.53. The van der Waals surface area contributed by atoms with Crippen LogP contribution < -0.4 is 11.2 Å². The van der Waals surface area contributed by atoms with Crippen molar-refractivity contribution in [3.05, 3.63) is 50.6 Å². The van der Waals surface area contributed by atoms with Gasteiger partial charge in [-0.2, -0.15) is 0 Å². The number of halogens is 4. The molecule has 0 radical (unpaired) electrons. The first-order valence-corrected chi connectivity index (χ1v) is 10.1. The molecule has 0 aliphatic heterocycles. The summed E-state index contributed by atoms with van der Waals surface area (Å²) in [6.45, 7) is 1.69. The van der Waals surface area contributed by atoms with Gasteiger partial charge in [0.05, 0.1) is 20.3 Å². The van der Waals surface area contributed by atoms with E-state index in [1.165, 1.54) is 16.9 Å². The van der Waals surface area contributed by atoms with Crippen molar-refractivity contribution in [1.29, 1.82) is 0 Å². The lowest BCUT2D eigenvalue weighted by Gasteiger charge is -2.12. The molecule has 0 aliphatic rings. The summed E-state index contributed by atoms with van der Waals surface area (Å²) in [4.78, 5) is 16.4. The van der Waals surface area contributed by atoms with Crippen molar-refractivity contribution in [3.63, 3.8) is 0 Å². The van der Waals surface area contributed by atoms with Crippen molar-refractivity contribution >= 4 is 69.9 Å². The van der Waals surface area contributed by atoms with E-state index in [2.05, 4.69) is 20.5 Å². The van der Waals surface area contributed by atoms with E-state index in [1.807, 2.05) is 0 Å². The number of hydrogen-bond acceptors (Lipinski definition) is 6. The molecule has 0 bridgehead atoms. The van der Waals surface area contributed by atoms with Crippen LogP contribution in [0.3, 0.4) is 0 Å². The number of hydrogen-bond donors (Lipinski definition) is 2. The molecule has 0 fully saturated rings. The van der Waals surface area contributed by atoms with E-state index in [-0.39, 0.29) is 16.7 Å². The smallest absolute Gasteiger partial charge is 0.238 e. The molecule has 0 spiro atoms. The van der Waals surface area contributed by atoms with Crippen LogP contribution in [-0.2, 0) is 4.79 Å². The molecule has 1 aromatic carbocycles. The Hall–Kier alpha value is -1.71. The van der Waals surface area contributed by atoms with Gasteiger partial charge in [-0.05, 0) is 31.2 Å². The third-order valence-electron chi connectivity index (χ3n) is 3.54. The van der Waals surface area contributed by atoms with Crippen LogP contribution in [0.25, 0.3) is 11.4 Å². The van der Waals surface area contributed by atoms with Crippen LogP contribution in [0, 0.1) is 0 Å². The Bertz CT molecular complexity index is 1040. The quantitative estimate of drug-likeness (QED) is 0.405. The average molecular weight is 478 g/mol. The van der Waals surface area contributed by atoms with Crippen LogP contribution >= 0.6 is 58.2 Å². The third-order valence-corrected chi connectivity index (χ3v) is 5.64. The van der Waals surface area contributed by atoms with Gasteiger partial charge in [-0.15, -0.1) is 10.2 Å². The number of pyridine rings is 1. The highest BCUT2D eigenvalue weighted by Gasteiger charge is 2.22. The average Bonchev–Trinajstić information content (AvgIpc) is 2.98. The van der Waals surface area contributed by atoms with Gasteiger partial charge in [0.25, 0.3) is 0 Å². The zero-order valence-electron chi connectivity index (χ0n) is 14.2. The largest absolute Gasteiger partial charge is 0.335 e. The van der Waals surface area contributed by atoms with Gasteiger partial charge in [0.1, 0.15) is 0 Å². The minimum Gasteiger partial charge on any atom is -0.335 e. The molecule has 1 amide bonds. The molecule has 3 N–H and O–H groups in total. The molecule has 0 aliphatic carbocycles. The van der Waals surface area contributed by atoms with Gasteiger partial charge in [0, 0.05) is 16.8 Å². The summed E-state index contributed by atoms with van der Waals surface area (Å²) in [7, 11) is 0. The minimum absolute atomic E-state index is 0.214. The van der Waals surface area contributed by atoms with E-state index in [9.17, 15) is 4.79 Å². The summed E-state index contributed by atoms with van der Waals surface area (Å²) in [6, 6.07) is 6.43. The predicted octanol–water partition coefficient (Wildman–Crippen LogP) is 4.79. The maximum atomic E-state index is 12.4. The Morgan fingerprint density at radius 1 is 1.14 bits per heavy atom. The van der Waals surface area contributed by atoms with Crippen LogP contribution in [0.5, 0.6) is 0 Å². The van der Waals surface area contributed by atoms with Crippen molar-refractivity contribution in [2.24, 2.45) is 0 Å². The van der Waals surface area contributed by atoms with Gasteiger partial charge in [-0.3, -0.25) is 4.79 Å².